The molecule has 1 aliphatic rings. The number of benzene rings is 1. The third-order valence-electron chi connectivity index (χ3n) is 5.36. The van der Waals surface area contributed by atoms with E-state index in [1.54, 1.807) is 43.5 Å². The molecule has 3 heterocycles. The number of urea groups is 1. The summed E-state index contributed by atoms with van der Waals surface area (Å²) in [4.78, 5) is 20.9. The lowest BCUT2D eigenvalue weighted by molar-refractivity contribution is 0.208. The fraction of sp³-hybridized carbons (Fsp3) is 0.304. The van der Waals surface area contributed by atoms with Crippen LogP contribution in [0.4, 0.5) is 27.9 Å². The van der Waals surface area contributed by atoms with E-state index in [1.807, 2.05) is 31.2 Å². The van der Waals surface area contributed by atoms with Crippen molar-refractivity contribution >= 4 is 29.2 Å². The van der Waals surface area contributed by atoms with Gasteiger partial charge in [0.05, 0.1) is 19.9 Å². The molecule has 10 nitrogen and oxygen atoms in total. The molecule has 1 saturated heterocycles. The average Bonchev–Trinajstić information content (AvgIpc) is 2.84. The van der Waals surface area contributed by atoms with Crippen LogP contribution in [-0.4, -0.2) is 66.5 Å². The highest BCUT2D eigenvalue weighted by atomic mass is 16.5. The Labute approximate surface area is 192 Å². The minimum atomic E-state index is -0.183. The van der Waals surface area contributed by atoms with Crippen LogP contribution in [0.5, 0.6) is 11.5 Å². The third kappa shape index (κ3) is 5.22. The molecular formula is C23H27N7O3. The molecule has 0 saturated carbocycles. The van der Waals surface area contributed by atoms with Gasteiger partial charge in [0, 0.05) is 32.4 Å². The molecule has 10 heteroatoms. The Hall–Kier alpha value is -4.08. The number of nitrogens with zero attached hydrogens (tertiary/aromatic N) is 5. The molecule has 0 unspecified atom stereocenters. The lowest BCUT2D eigenvalue weighted by Crippen LogP contribution is -2.50. The van der Waals surface area contributed by atoms with E-state index in [4.69, 9.17) is 9.47 Å². The van der Waals surface area contributed by atoms with Crippen LogP contribution < -0.4 is 25.0 Å². The molecule has 4 rings (SSSR count). The summed E-state index contributed by atoms with van der Waals surface area (Å²) in [5.74, 6) is 3.19. The minimum Gasteiger partial charge on any atom is -0.493 e. The Morgan fingerprint density at radius 2 is 1.79 bits per heavy atom. The van der Waals surface area contributed by atoms with E-state index < -0.39 is 0 Å². The number of carbonyl (C=O) groups excluding carboxylic acids is 1. The minimum absolute atomic E-state index is 0.183. The summed E-state index contributed by atoms with van der Waals surface area (Å²) in [6, 6.07) is 12.9. The summed E-state index contributed by atoms with van der Waals surface area (Å²) >= 11 is 0. The lowest BCUT2D eigenvalue weighted by atomic mass is 10.2. The van der Waals surface area contributed by atoms with Crippen molar-refractivity contribution < 1.29 is 14.3 Å². The first-order valence-electron chi connectivity index (χ1n) is 10.6. The van der Waals surface area contributed by atoms with Crippen molar-refractivity contribution in [3.63, 3.8) is 0 Å². The summed E-state index contributed by atoms with van der Waals surface area (Å²) in [6.45, 7) is 4.45. The number of aryl methyl sites for hydroxylation is 1. The van der Waals surface area contributed by atoms with Crippen LogP contribution in [-0.2, 0) is 0 Å². The monoisotopic (exact) mass is 449 g/mol. The van der Waals surface area contributed by atoms with Crippen molar-refractivity contribution in [3.05, 3.63) is 54.2 Å². The first-order chi connectivity index (χ1) is 16.1. The highest BCUT2D eigenvalue weighted by Gasteiger charge is 2.23. The van der Waals surface area contributed by atoms with Crippen molar-refractivity contribution in [1.29, 1.82) is 0 Å². The van der Waals surface area contributed by atoms with Gasteiger partial charge in [-0.3, -0.25) is 0 Å². The molecule has 0 bridgehead atoms. The van der Waals surface area contributed by atoms with Gasteiger partial charge in [-0.1, -0.05) is 6.07 Å². The van der Waals surface area contributed by atoms with Gasteiger partial charge in [-0.15, -0.1) is 10.2 Å². The molecule has 0 aliphatic carbocycles. The maximum atomic E-state index is 12.8. The van der Waals surface area contributed by atoms with E-state index in [9.17, 15) is 4.79 Å². The maximum absolute atomic E-state index is 12.8. The fourth-order valence-electron chi connectivity index (χ4n) is 3.61. The average molecular weight is 450 g/mol. The smallest absolute Gasteiger partial charge is 0.322 e. The Balaban J connectivity index is 1.33. The van der Waals surface area contributed by atoms with Crippen molar-refractivity contribution in [2.45, 2.75) is 6.92 Å². The highest BCUT2D eigenvalue weighted by Crippen LogP contribution is 2.34. The van der Waals surface area contributed by atoms with Gasteiger partial charge in [-0.05, 0) is 48.9 Å². The zero-order valence-corrected chi connectivity index (χ0v) is 18.9. The largest absolute Gasteiger partial charge is 0.493 e. The first kappa shape index (κ1) is 22.1. The number of nitrogens with one attached hydrogen (secondary N) is 2. The maximum Gasteiger partial charge on any atom is 0.322 e. The Kier molecular flexibility index (Phi) is 6.72. The molecule has 0 spiro atoms. The number of hydrogen-bond acceptors (Lipinski definition) is 8. The molecule has 172 valence electrons. The van der Waals surface area contributed by atoms with Crippen LogP contribution in [0.1, 0.15) is 5.56 Å². The molecule has 1 fully saturated rings. The van der Waals surface area contributed by atoms with E-state index in [2.05, 4.69) is 30.7 Å². The van der Waals surface area contributed by atoms with Crippen molar-refractivity contribution in [3.8, 4) is 11.5 Å². The second-order valence-corrected chi connectivity index (χ2v) is 7.57. The number of hydrogen-bond donors (Lipinski definition) is 2. The number of ether oxygens (including phenoxy) is 2. The number of para-hydroxylation sites is 1. The Morgan fingerprint density at radius 3 is 2.45 bits per heavy atom. The van der Waals surface area contributed by atoms with Crippen LogP contribution in [0.15, 0.2) is 48.7 Å². The molecule has 2 N–H and O–H groups in total. The van der Waals surface area contributed by atoms with Gasteiger partial charge in [0.2, 0.25) is 0 Å². The summed E-state index contributed by atoms with van der Waals surface area (Å²) in [5.41, 5.74) is 1.69. The summed E-state index contributed by atoms with van der Waals surface area (Å²) in [7, 11) is 3.11. The predicted molar refractivity (Wildman–Crippen MR) is 127 cm³/mol. The Morgan fingerprint density at radius 1 is 0.970 bits per heavy atom. The third-order valence-corrected chi connectivity index (χ3v) is 5.36. The summed E-state index contributed by atoms with van der Waals surface area (Å²) in [6.07, 6.45) is 1.75. The number of methoxy groups -OCH3 is 2. The van der Waals surface area contributed by atoms with E-state index in [0.29, 0.717) is 49.2 Å². The zero-order valence-electron chi connectivity index (χ0n) is 18.9. The Bertz CT molecular complexity index is 1100. The summed E-state index contributed by atoms with van der Waals surface area (Å²) in [5, 5.41) is 14.7. The molecule has 33 heavy (non-hydrogen) atoms. The molecular weight excluding hydrogens is 422 g/mol. The number of rotatable bonds is 6. The normalized spacial score (nSPS) is 13.4. The van der Waals surface area contributed by atoms with Gasteiger partial charge in [0.15, 0.2) is 23.1 Å². The molecule has 1 aliphatic heterocycles. The van der Waals surface area contributed by atoms with Gasteiger partial charge in [0.1, 0.15) is 5.82 Å². The predicted octanol–water partition coefficient (Wildman–Crippen LogP) is 3.29. The molecule has 2 aromatic heterocycles. The summed E-state index contributed by atoms with van der Waals surface area (Å²) < 4.78 is 10.7. The van der Waals surface area contributed by atoms with Crippen molar-refractivity contribution in [1.82, 2.24) is 20.1 Å². The van der Waals surface area contributed by atoms with Crippen LogP contribution in [0.25, 0.3) is 0 Å². The molecule has 3 aromatic rings. The van der Waals surface area contributed by atoms with E-state index >= 15 is 0 Å². The molecule has 0 atom stereocenters. The number of carbonyl (C=O) groups is 1. The quantitative estimate of drug-likeness (QED) is 0.591. The fourth-order valence-corrected chi connectivity index (χ4v) is 3.61. The molecule has 1 aromatic carbocycles. The number of amides is 2. The second kappa shape index (κ2) is 10.0. The van der Waals surface area contributed by atoms with Crippen LogP contribution >= 0.6 is 0 Å². The topological polar surface area (TPSA) is 105 Å². The van der Waals surface area contributed by atoms with E-state index in [-0.39, 0.29) is 6.03 Å². The van der Waals surface area contributed by atoms with Gasteiger partial charge in [-0.2, -0.15) is 0 Å². The first-order valence-corrected chi connectivity index (χ1v) is 10.6. The molecule has 2 amide bonds. The van der Waals surface area contributed by atoms with Crippen LogP contribution in [0, 0.1) is 6.92 Å². The number of anilines is 4. The van der Waals surface area contributed by atoms with Gasteiger partial charge < -0.3 is 29.9 Å². The molecule has 0 radical (unpaired) electrons. The van der Waals surface area contributed by atoms with Gasteiger partial charge in [-0.25, -0.2) is 9.78 Å². The number of piperazine rings is 1. The van der Waals surface area contributed by atoms with E-state index in [0.717, 1.165) is 17.2 Å². The number of aromatic nitrogens is 3. The zero-order chi connectivity index (χ0) is 23.2. The van der Waals surface area contributed by atoms with Crippen LogP contribution in [0.2, 0.25) is 0 Å². The van der Waals surface area contributed by atoms with Gasteiger partial charge in [0.25, 0.3) is 0 Å². The SMILES string of the molecule is COc1cccc(NC(=O)N2CCN(c3ccc(Nc4cc(C)ccn4)nn3)CC2)c1OC. The van der Waals surface area contributed by atoms with Crippen LogP contribution in [0.3, 0.4) is 0 Å². The lowest BCUT2D eigenvalue weighted by Gasteiger charge is -2.35. The standard InChI is InChI=1S/C23H27N7O3/c1-16-9-10-24-20(15-16)26-19-7-8-21(28-27-19)29-11-13-30(14-12-29)23(31)25-17-5-4-6-18(32-2)22(17)33-3/h4-10,15H,11-14H2,1-3H3,(H,25,31)(H,24,26,27). The van der Waals surface area contributed by atoms with E-state index in [1.165, 1.54) is 0 Å². The van der Waals surface area contributed by atoms with Crippen molar-refractivity contribution in [2.75, 3.05) is 55.9 Å². The second-order valence-electron chi connectivity index (χ2n) is 7.57. The number of pyridine rings is 1. The van der Waals surface area contributed by atoms with Crippen molar-refractivity contribution in [2.24, 2.45) is 0 Å². The van der Waals surface area contributed by atoms with Gasteiger partial charge >= 0.3 is 6.03 Å². The highest BCUT2D eigenvalue weighted by molar-refractivity contribution is 5.91.